The average molecular weight is 248 g/mol. The summed E-state index contributed by atoms with van der Waals surface area (Å²) in [4.78, 5) is 4.36. The Morgan fingerprint density at radius 1 is 1.33 bits per heavy atom. The lowest BCUT2D eigenvalue weighted by Crippen LogP contribution is -2.36. The van der Waals surface area contributed by atoms with Crippen LogP contribution in [0.1, 0.15) is 5.56 Å². The molecule has 2 unspecified atom stereocenters. The zero-order valence-electron chi connectivity index (χ0n) is 11.0. The molecular formula is C14H20N2O2. The fraction of sp³-hybridized carbons (Fsp3) is 0.571. The number of likely N-dealkylation sites (N-methyl/N-ethyl adjacent to an activating group) is 1. The molecule has 0 amide bonds. The van der Waals surface area contributed by atoms with Crippen molar-refractivity contribution < 1.29 is 9.47 Å². The Bertz CT molecular complexity index is 422. The van der Waals surface area contributed by atoms with Crippen LogP contribution in [0.3, 0.4) is 0 Å². The van der Waals surface area contributed by atoms with Gasteiger partial charge < -0.3 is 19.3 Å². The maximum atomic E-state index is 5.98. The molecule has 2 atom stereocenters. The van der Waals surface area contributed by atoms with Gasteiger partial charge in [0.15, 0.2) is 0 Å². The van der Waals surface area contributed by atoms with Crippen LogP contribution < -0.4 is 4.90 Å². The van der Waals surface area contributed by atoms with E-state index >= 15 is 0 Å². The van der Waals surface area contributed by atoms with Gasteiger partial charge in [0.1, 0.15) is 0 Å². The van der Waals surface area contributed by atoms with Crippen molar-refractivity contribution >= 4 is 5.69 Å². The molecule has 0 aliphatic carbocycles. The normalized spacial score (nSPS) is 26.9. The minimum atomic E-state index is -0.210. The standard InChI is InChI=1S/C14H20N2O2/c1-15(2)9-12-10-17-14(18-12)16-8-7-11-5-3-4-6-13(11)16/h3-6,12,14H,7-10H2,1-2H3. The van der Waals surface area contributed by atoms with Gasteiger partial charge in [-0.15, -0.1) is 0 Å². The van der Waals surface area contributed by atoms with Gasteiger partial charge in [0.2, 0.25) is 6.41 Å². The van der Waals surface area contributed by atoms with Crippen LogP contribution in [-0.2, 0) is 15.9 Å². The molecule has 18 heavy (non-hydrogen) atoms. The van der Waals surface area contributed by atoms with Crippen LogP contribution >= 0.6 is 0 Å². The predicted octanol–water partition coefficient (Wildman–Crippen LogP) is 1.31. The van der Waals surface area contributed by atoms with Gasteiger partial charge in [-0.2, -0.15) is 0 Å². The summed E-state index contributed by atoms with van der Waals surface area (Å²) in [6, 6.07) is 8.49. The summed E-state index contributed by atoms with van der Waals surface area (Å²) in [5.74, 6) is 0. The number of para-hydroxylation sites is 1. The molecular weight excluding hydrogens is 228 g/mol. The van der Waals surface area contributed by atoms with E-state index in [1.165, 1.54) is 11.3 Å². The van der Waals surface area contributed by atoms with E-state index in [0.717, 1.165) is 19.5 Å². The quantitative estimate of drug-likeness (QED) is 0.805. The minimum Gasteiger partial charge on any atom is -0.332 e. The van der Waals surface area contributed by atoms with E-state index in [0.29, 0.717) is 6.61 Å². The summed E-state index contributed by atoms with van der Waals surface area (Å²) < 4.78 is 11.8. The van der Waals surface area contributed by atoms with Crippen LogP contribution in [0.15, 0.2) is 24.3 Å². The summed E-state index contributed by atoms with van der Waals surface area (Å²) in [5.41, 5.74) is 2.65. The fourth-order valence-electron chi connectivity index (χ4n) is 2.68. The van der Waals surface area contributed by atoms with Crippen molar-refractivity contribution in [1.82, 2.24) is 4.90 Å². The highest BCUT2D eigenvalue weighted by atomic mass is 16.7. The molecule has 4 heteroatoms. The number of benzene rings is 1. The number of hydrogen-bond acceptors (Lipinski definition) is 4. The Kier molecular flexibility index (Phi) is 3.24. The molecule has 0 N–H and O–H groups in total. The Morgan fingerprint density at radius 2 is 2.17 bits per heavy atom. The topological polar surface area (TPSA) is 24.9 Å². The zero-order chi connectivity index (χ0) is 12.5. The Balaban J connectivity index is 1.68. The predicted molar refractivity (Wildman–Crippen MR) is 70.7 cm³/mol. The van der Waals surface area contributed by atoms with Gasteiger partial charge in [-0.25, -0.2) is 0 Å². The molecule has 2 aliphatic rings. The first-order valence-electron chi connectivity index (χ1n) is 6.50. The summed E-state index contributed by atoms with van der Waals surface area (Å²) in [7, 11) is 4.11. The van der Waals surface area contributed by atoms with Crippen molar-refractivity contribution in [3.05, 3.63) is 29.8 Å². The summed E-state index contributed by atoms with van der Waals surface area (Å²) in [6.45, 7) is 2.58. The van der Waals surface area contributed by atoms with Gasteiger partial charge in [-0.3, -0.25) is 0 Å². The highest BCUT2D eigenvalue weighted by molar-refractivity contribution is 5.57. The molecule has 1 aromatic carbocycles. The highest BCUT2D eigenvalue weighted by Gasteiger charge is 2.34. The molecule has 2 heterocycles. The van der Waals surface area contributed by atoms with Gasteiger partial charge in [0.05, 0.1) is 12.7 Å². The maximum absolute atomic E-state index is 5.98. The van der Waals surface area contributed by atoms with Gasteiger partial charge in [0.25, 0.3) is 0 Å². The van der Waals surface area contributed by atoms with Crippen LogP contribution in [-0.4, -0.2) is 51.2 Å². The van der Waals surface area contributed by atoms with Crippen LogP contribution in [0.2, 0.25) is 0 Å². The first-order chi connectivity index (χ1) is 8.74. The van der Waals surface area contributed by atoms with E-state index in [2.05, 4.69) is 48.2 Å². The van der Waals surface area contributed by atoms with E-state index in [-0.39, 0.29) is 12.5 Å². The molecule has 4 nitrogen and oxygen atoms in total. The third-order valence-corrected chi connectivity index (χ3v) is 3.48. The van der Waals surface area contributed by atoms with Crippen LogP contribution in [0.5, 0.6) is 0 Å². The Morgan fingerprint density at radius 3 is 3.00 bits per heavy atom. The Labute approximate surface area is 108 Å². The lowest BCUT2D eigenvalue weighted by atomic mass is 10.2. The second-order valence-electron chi connectivity index (χ2n) is 5.23. The van der Waals surface area contributed by atoms with Crippen LogP contribution in [0, 0.1) is 0 Å². The summed E-state index contributed by atoms with van der Waals surface area (Å²) in [6.07, 6.45) is 1.05. The van der Waals surface area contributed by atoms with E-state index in [1.54, 1.807) is 0 Å². The van der Waals surface area contributed by atoms with Crippen LogP contribution in [0.25, 0.3) is 0 Å². The van der Waals surface area contributed by atoms with Crippen molar-refractivity contribution in [3.63, 3.8) is 0 Å². The van der Waals surface area contributed by atoms with E-state index in [1.807, 2.05) is 0 Å². The first kappa shape index (κ1) is 12.0. The number of hydrogen-bond donors (Lipinski definition) is 0. The molecule has 0 spiro atoms. The Hall–Kier alpha value is -1.10. The van der Waals surface area contributed by atoms with Crippen molar-refractivity contribution in [1.29, 1.82) is 0 Å². The summed E-state index contributed by atoms with van der Waals surface area (Å²) >= 11 is 0. The molecule has 0 saturated carbocycles. The molecule has 1 aromatic rings. The maximum Gasteiger partial charge on any atom is 0.241 e. The molecule has 98 valence electrons. The molecule has 3 rings (SSSR count). The average Bonchev–Trinajstić information content (AvgIpc) is 2.94. The first-order valence-corrected chi connectivity index (χ1v) is 6.50. The number of fused-ring (bicyclic) bond motifs is 1. The fourth-order valence-corrected chi connectivity index (χ4v) is 2.68. The van der Waals surface area contributed by atoms with Crippen molar-refractivity contribution in [3.8, 4) is 0 Å². The lowest BCUT2D eigenvalue weighted by molar-refractivity contribution is -0.0593. The molecule has 0 radical (unpaired) electrons. The van der Waals surface area contributed by atoms with Crippen molar-refractivity contribution in [2.24, 2.45) is 0 Å². The highest BCUT2D eigenvalue weighted by Crippen LogP contribution is 2.31. The minimum absolute atomic E-state index is 0.178. The number of anilines is 1. The van der Waals surface area contributed by atoms with Gasteiger partial charge >= 0.3 is 0 Å². The molecule has 0 bridgehead atoms. The van der Waals surface area contributed by atoms with Gasteiger partial charge in [0, 0.05) is 18.8 Å². The third kappa shape index (κ3) is 2.23. The van der Waals surface area contributed by atoms with E-state index in [9.17, 15) is 0 Å². The number of nitrogens with zero attached hydrogens (tertiary/aromatic N) is 2. The van der Waals surface area contributed by atoms with E-state index in [4.69, 9.17) is 9.47 Å². The van der Waals surface area contributed by atoms with Gasteiger partial charge in [-0.1, -0.05) is 18.2 Å². The zero-order valence-corrected chi connectivity index (χ0v) is 11.0. The number of rotatable bonds is 3. The largest absolute Gasteiger partial charge is 0.332 e. The number of ether oxygens (including phenoxy) is 2. The van der Waals surface area contributed by atoms with Gasteiger partial charge in [-0.05, 0) is 32.1 Å². The molecule has 2 aliphatic heterocycles. The summed E-state index contributed by atoms with van der Waals surface area (Å²) in [5, 5.41) is 0. The lowest BCUT2D eigenvalue weighted by Gasteiger charge is -2.25. The van der Waals surface area contributed by atoms with Crippen molar-refractivity contribution in [2.75, 3.05) is 38.7 Å². The molecule has 0 aromatic heterocycles. The molecule has 1 saturated heterocycles. The second-order valence-corrected chi connectivity index (χ2v) is 5.23. The van der Waals surface area contributed by atoms with Crippen LogP contribution in [0.4, 0.5) is 5.69 Å². The van der Waals surface area contributed by atoms with Crippen molar-refractivity contribution in [2.45, 2.75) is 18.9 Å². The molecule has 1 fully saturated rings. The second kappa shape index (κ2) is 4.88. The SMILES string of the molecule is CN(C)CC1COC(N2CCc3ccccc32)O1. The van der Waals surface area contributed by atoms with E-state index < -0.39 is 0 Å². The monoisotopic (exact) mass is 248 g/mol. The third-order valence-electron chi connectivity index (χ3n) is 3.48. The smallest absolute Gasteiger partial charge is 0.241 e.